The summed E-state index contributed by atoms with van der Waals surface area (Å²) in [6, 6.07) is 16.8. The minimum Gasteiger partial charge on any atom is -0.333 e. The Balaban J connectivity index is 1.68. The highest BCUT2D eigenvalue weighted by atomic mass is 19.1. The summed E-state index contributed by atoms with van der Waals surface area (Å²) in [5.41, 5.74) is 1.74. The van der Waals surface area contributed by atoms with Crippen molar-refractivity contribution < 1.29 is 9.18 Å². The van der Waals surface area contributed by atoms with E-state index in [0.717, 1.165) is 18.7 Å². The highest BCUT2D eigenvalue weighted by molar-refractivity contribution is 5.77. The second-order valence-corrected chi connectivity index (χ2v) is 5.81. The van der Waals surface area contributed by atoms with Gasteiger partial charge in [0.2, 0.25) is 5.91 Å². The maximum Gasteiger partial charge on any atom is 0.223 e. The van der Waals surface area contributed by atoms with Crippen LogP contribution in [-0.4, -0.2) is 30.4 Å². The van der Waals surface area contributed by atoms with Crippen molar-refractivity contribution in [3.8, 4) is 0 Å². The summed E-state index contributed by atoms with van der Waals surface area (Å²) in [7, 11) is 0. The summed E-state index contributed by atoms with van der Waals surface area (Å²) in [6.45, 7) is 2.25. The maximum absolute atomic E-state index is 13.7. The van der Waals surface area contributed by atoms with E-state index in [0.29, 0.717) is 24.9 Å². The molecule has 1 heterocycles. The summed E-state index contributed by atoms with van der Waals surface area (Å²) in [5, 5.41) is 3.35. The van der Waals surface area contributed by atoms with Gasteiger partial charge in [-0.25, -0.2) is 4.39 Å². The summed E-state index contributed by atoms with van der Waals surface area (Å²) in [5.74, 6) is -0.149. The zero-order chi connectivity index (χ0) is 16.1. The SMILES string of the molecule is O=C(CCc1ccccc1F)N1CCNCC1c1ccccc1. The standard InChI is InChI=1S/C19H21FN2O/c20-17-9-5-4-6-15(17)10-11-19(23)22-13-12-21-14-18(22)16-7-2-1-3-8-16/h1-9,18,21H,10-14H2. The maximum atomic E-state index is 13.7. The number of halogens is 1. The molecule has 1 aliphatic heterocycles. The molecular weight excluding hydrogens is 291 g/mol. The first-order valence-corrected chi connectivity index (χ1v) is 8.04. The number of benzene rings is 2. The minimum absolute atomic E-state index is 0.0538. The van der Waals surface area contributed by atoms with Gasteiger partial charge in [-0.05, 0) is 23.6 Å². The van der Waals surface area contributed by atoms with E-state index in [1.807, 2.05) is 23.1 Å². The van der Waals surface area contributed by atoms with Crippen molar-refractivity contribution in [1.82, 2.24) is 10.2 Å². The van der Waals surface area contributed by atoms with Crippen LogP contribution < -0.4 is 5.32 Å². The Kier molecular flexibility index (Phi) is 5.03. The zero-order valence-corrected chi connectivity index (χ0v) is 13.0. The van der Waals surface area contributed by atoms with Crippen LogP contribution in [0.25, 0.3) is 0 Å². The van der Waals surface area contributed by atoms with Crippen LogP contribution in [0, 0.1) is 5.82 Å². The van der Waals surface area contributed by atoms with Gasteiger partial charge in [-0.3, -0.25) is 4.79 Å². The van der Waals surface area contributed by atoms with Gasteiger partial charge in [-0.15, -0.1) is 0 Å². The fourth-order valence-electron chi connectivity index (χ4n) is 3.06. The molecule has 2 aromatic carbocycles. The first kappa shape index (κ1) is 15.7. The quantitative estimate of drug-likeness (QED) is 0.941. The summed E-state index contributed by atoms with van der Waals surface area (Å²) in [6.07, 6.45) is 0.779. The van der Waals surface area contributed by atoms with Gasteiger partial charge >= 0.3 is 0 Å². The number of hydrogen-bond acceptors (Lipinski definition) is 2. The molecule has 1 saturated heterocycles. The number of nitrogens with one attached hydrogen (secondary N) is 1. The van der Waals surface area contributed by atoms with Gasteiger partial charge < -0.3 is 10.2 Å². The van der Waals surface area contributed by atoms with Crippen LogP contribution in [0.1, 0.15) is 23.6 Å². The van der Waals surface area contributed by atoms with E-state index in [-0.39, 0.29) is 17.8 Å². The van der Waals surface area contributed by atoms with Crippen molar-refractivity contribution in [2.75, 3.05) is 19.6 Å². The summed E-state index contributed by atoms with van der Waals surface area (Å²) < 4.78 is 13.7. The van der Waals surface area contributed by atoms with E-state index in [1.165, 1.54) is 6.07 Å². The average molecular weight is 312 g/mol. The second kappa shape index (κ2) is 7.38. The van der Waals surface area contributed by atoms with Crippen LogP contribution >= 0.6 is 0 Å². The Morgan fingerprint density at radius 2 is 1.87 bits per heavy atom. The zero-order valence-electron chi connectivity index (χ0n) is 13.0. The number of carbonyl (C=O) groups is 1. The third-order valence-electron chi connectivity index (χ3n) is 4.31. The van der Waals surface area contributed by atoms with Crippen LogP contribution in [-0.2, 0) is 11.2 Å². The minimum atomic E-state index is -0.236. The number of carbonyl (C=O) groups excluding carboxylic acids is 1. The van der Waals surface area contributed by atoms with E-state index in [4.69, 9.17) is 0 Å². The van der Waals surface area contributed by atoms with Crippen molar-refractivity contribution in [2.45, 2.75) is 18.9 Å². The monoisotopic (exact) mass is 312 g/mol. The predicted octanol–water partition coefficient (Wildman–Crippen LogP) is 2.93. The molecule has 1 aliphatic rings. The Hall–Kier alpha value is -2.20. The van der Waals surface area contributed by atoms with Gasteiger partial charge in [0, 0.05) is 26.1 Å². The lowest BCUT2D eigenvalue weighted by molar-refractivity contribution is -0.134. The first-order chi connectivity index (χ1) is 11.3. The van der Waals surface area contributed by atoms with E-state index in [9.17, 15) is 9.18 Å². The normalized spacial score (nSPS) is 18.0. The number of aryl methyl sites for hydroxylation is 1. The largest absolute Gasteiger partial charge is 0.333 e. The Morgan fingerprint density at radius 3 is 2.65 bits per heavy atom. The Labute approximate surface area is 136 Å². The molecule has 23 heavy (non-hydrogen) atoms. The van der Waals surface area contributed by atoms with Gasteiger partial charge in [0.1, 0.15) is 5.82 Å². The molecule has 0 bridgehead atoms. The highest BCUT2D eigenvalue weighted by Crippen LogP contribution is 2.23. The third kappa shape index (κ3) is 3.77. The van der Waals surface area contributed by atoms with Crippen LogP contribution in [0.3, 0.4) is 0 Å². The van der Waals surface area contributed by atoms with Gasteiger partial charge in [0.15, 0.2) is 0 Å². The van der Waals surface area contributed by atoms with Gasteiger partial charge in [-0.2, -0.15) is 0 Å². The van der Waals surface area contributed by atoms with Gasteiger partial charge in [0.25, 0.3) is 0 Å². The van der Waals surface area contributed by atoms with Crippen molar-refractivity contribution in [3.05, 3.63) is 71.5 Å². The van der Waals surface area contributed by atoms with E-state index < -0.39 is 0 Å². The van der Waals surface area contributed by atoms with Crippen molar-refractivity contribution in [1.29, 1.82) is 0 Å². The van der Waals surface area contributed by atoms with Crippen molar-refractivity contribution in [3.63, 3.8) is 0 Å². The van der Waals surface area contributed by atoms with Crippen LogP contribution in [0.4, 0.5) is 4.39 Å². The molecule has 1 fully saturated rings. The molecule has 1 N–H and O–H groups in total. The number of rotatable bonds is 4. The van der Waals surface area contributed by atoms with Crippen molar-refractivity contribution in [2.24, 2.45) is 0 Å². The molecule has 2 aromatic rings. The molecule has 120 valence electrons. The van der Waals surface area contributed by atoms with Crippen LogP contribution in [0.5, 0.6) is 0 Å². The molecule has 0 aromatic heterocycles. The molecule has 0 saturated carbocycles. The smallest absolute Gasteiger partial charge is 0.223 e. The molecule has 0 radical (unpaired) electrons. The van der Waals surface area contributed by atoms with Gasteiger partial charge in [0.05, 0.1) is 6.04 Å². The number of piperazine rings is 1. The fourth-order valence-corrected chi connectivity index (χ4v) is 3.06. The molecule has 3 nitrogen and oxygen atoms in total. The average Bonchev–Trinajstić information content (AvgIpc) is 2.61. The van der Waals surface area contributed by atoms with Crippen LogP contribution in [0.15, 0.2) is 54.6 Å². The Morgan fingerprint density at radius 1 is 1.13 bits per heavy atom. The molecule has 0 spiro atoms. The second-order valence-electron chi connectivity index (χ2n) is 5.81. The van der Waals surface area contributed by atoms with Crippen LogP contribution in [0.2, 0.25) is 0 Å². The van der Waals surface area contributed by atoms with Gasteiger partial charge in [-0.1, -0.05) is 48.5 Å². The molecule has 1 unspecified atom stereocenters. The van der Waals surface area contributed by atoms with E-state index >= 15 is 0 Å². The lowest BCUT2D eigenvalue weighted by atomic mass is 10.0. The molecule has 0 aliphatic carbocycles. The summed E-state index contributed by atoms with van der Waals surface area (Å²) >= 11 is 0. The fraction of sp³-hybridized carbons (Fsp3) is 0.316. The molecular formula is C19H21FN2O. The number of amides is 1. The third-order valence-corrected chi connectivity index (χ3v) is 4.31. The lowest BCUT2D eigenvalue weighted by Crippen LogP contribution is -2.48. The topological polar surface area (TPSA) is 32.3 Å². The van der Waals surface area contributed by atoms with Crippen molar-refractivity contribution >= 4 is 5.91 Å². The molecule has 1 amide bonds. The predicted molar refractivity (Wildman–Crippen MR) is 88.5 cm³/mol. The molecule has 4 heteroatoms. The lowest BCUT2D eigenvalue weighted by Gasteiger charge is -2.36. The van der Waals surface area contributed by atoms with E-state index in [2.05, 4.69) is 17.4 Å². The first-order valence-electron chi connectivity index (χ1n) is 8.04. The highest BCUT2D eigenvalue weighted by Gasteiger charge is 2.27. The number of hydrogen-bond donors (Lipinski definition) is 1. The Bertz CT molecular complexity index is 659. The molecule has 1 atom stereocenters. The number of nitrogens with zero attached hydrogens (tertiary/aromatic N) is 1. The molecule has 3 rings (SSSR count). The summed E-state index contributed by atoms with van der Waals surface area (Å²) in [4.78, 5) is 14.6. The van der Waals surface area contributed by atoms with E-state index in [1.54, 1.807) is 18.2 Å².